The number of aliphatic hydroxyl groups excluding tert-OH is 2. The van der Waals surface area contributed by atoms with Crippen LogP contribution in [0.2, 0.25) is 0 Å². The fourth-order valence-corrected chi connectivity index (χ4v) is 11.4. The monoisotopic (exact) mass is 594 g/mol. The predicted molar refractivity (Wildman–Crippen MR) is 140 cm³/mol. The zero-order valence-electron chi connectivity index (χ0n) is 21.4. The minimum absolute atomic E-state index is 0.127. The van der Waals surface area contributed by atoms with Crippen LogP contribution in [0.25, 0.3) is 0 Å². The lowest BCUT2D eigenvalue weighted by Gasteiger charge is -2.60. The molecule has 4 saturated carbocycles. The molecule has 0 aromatic carbocycles. The Balaban J connectivity index is 1.28. The van der Waals surface area contributed by atoms with Crippen LogP contribution < -0.4 is 0 Å². The van der Waals surface area contributed by atoms with Crippen molar-refractivity contribution in [2.75, 3.05) is 6.61 Å². The molecule has 0 amide bonds. The lowest BCUT2D eigenvalue weighted by atomic mass is 9.44. The van der Waals surface area contributed by atoms with Gasteiger partial charge in [-0.05, 0) is 115 Å². The third-order valence-electron chi connectivity index (χ3n) is 12.4. The first kappa shape index (κ1) is 24.6. The van der Waals surface area contributed by atoms with Crippen LogP contribution in [0.5, 0.6) is 0 Å². The molecule has 1 heterocycles. The van der Waals surface area contributed by atoms with Crippen LogP contribution in [0.15, 0.2) is 20.8 Å². The first-order chi connectivity index (χ1) is 16.5. The number of rotatable bonds is 3. The maximum absolute atomic E-state index is 13.7. The highest BCUT2D eigenvalue weighted by molar-refractivity contribution is 14.1. The van der Waals surface area contributed by atoms with E-state index in [9.17, 15) is 19.8 Å². The molecule has 192 valence electrons. The Labute approximate surface area is 222 Å². The van der Waals surface area contributed by atoms with Gasteiger partial charge in [-0.2, -0.15) is 0 Å². The van der Waals surface area contributed by atoms with Crippen molar-refractivity contribution in [2.45, 2.75) is 84.8 Å². The number of fused-ring (bicyclic) bond motifs is 4. The molecule has 0 bridgehead atoms. The highest BCUT2D eigenvalue weighted by Gasteiger charge is 2.78. The Bertz CT molecular complexity index is 1050. The number of allylic oxidation sites excluding steroid dienone is 1. The summed E-state index contributed by atoms with van der Waals surface area (Å²) < 4.78 is 6.60. The van der Waals surface area contributed by atoms with E-state index < -0.39 is 11.5 Å². The van der Waals surface area contributed by atoms with E-state index in [1.165, 1.54) is 6.42 Å². The van der Waals surface area contributed by atoms with Gasteiger partial charge in [0.1, 0.15) is 6.10 Å². The molecular weight excluding hydrogens is 555 g/mol. The summed E-state index contributed by atoms with van der Waals surface area (Å²) in [7, 11) is 0. The Morgan fingerprint density at radius 2 is 1.94 bits per heavy atom. The molecular formula is C29H39IO5. The van der Waals surface area contributed by atoms with Gasteiger partial charge in [-0.3, -0.25) is 4.79 Å². The van der Waals surface area contributed by atoms with Crippen molar-refractivity contribution in [3.8, 4) is 0 Å². The first-order valence-electron chi connectivity index (χ1n) is 13.6. The van der Waals surface area contributed by atoms with E-state index >= 15 is 0 Å². The Morgan fingerprint density at radius 1 is 1.20 bits per heavy atom. The van der Waals surface area contributed by atoms with E-state index in [2.05, 4.69) is 43.4 Å². The fourth-order valence-electron chi connectivity index (χ4n) is 10.5. The topological polar surface area (TPSA) is 83.8 Å². The number of ether oxygens (including phenoxy) is 1. The number of carbonyl (C=O) groups is 2. The molecule has 0 radical (unpaired) electrons. The maximum Gasteiger partial charge on any atom is 0.336 e. The average molecular weight is 595 g/mol. The van der Waals surface area contributed by atoms with Crippen molar-refractivity contribution in [1.82, 2.24) is 0 Å². The summed E-state index contributed by atoms with van der Waals surface area (Å²) in [6.07, 6.45) is 8.55. The molecule has 35 heavy (non-hydrogen) atoms. The van der Waals surface area contributed by atoms with Crippen molar-refractivity contribution in [3.63, 3.8) is 0 Å². The molecule has 2 N–H and O–H groups in total. The van der Waals surface area contributed by atoms with Gasteiger partial charge in [-0.15, -0.1) is 0 Å². The third-order valence-corrected chi connectivity index (χ3v) is 13.2. The Hall–Kier alpha value is -0.730. The minimum atomic E-state index is -0.492. The summed E-state index contributed by atoms with van der Waals surface area (Å²) in [5.41, 5.74) is 0.899. The highest BCUT2D eigenvalue weighted by Crippen LogP contribution is 2.80. The van der Waals surface area contributed by atoms with Gasteiger partial charge in [0.25, 0.3) is 0 Å². The predicted octanol–water partition coefficient (Wildman–Crippen LogP) is 4.98. The lowest BCUT2D eigenvalue weighted by molar-refractivity contribution is -0.162. The summed E-state index contributed by atoms with van der Waals surface area (Å²) in [5, 5.41) is 20.7. The summed E-state index contributed by atoms with van der Waals surface area (Å²) >= 11 is 2.15. The molecule has 5 aliphatic carbocycles. The number of Topliss-reactive ketones (excluding diaryl/α,β-unsaturated/α-hetero) is 1. The zero-order valence-corrected chi connectivity index (χ0v) is 23.5. The molecule has 5 nitrogen and oxygen atoms in total. The number of carbonyl (C=O) groups excluding carboxylic acids is 2. The van der Waals surface area contributed by atoms with Crippen LogP contribution in [-0.4, -0.2) is 40.8 Å². The van der Waals surface area contributed by atoms with Crippen LogP contribution in [0, 0.1) is 51.8 Å². The highest BCUT2D eigenvalue weighted by atomic mass is 127. The smallest absolute Gasteiger partial charge is 0.336 e. The van der Waals surface area contributed by atoms with Gasteiger partial charge in [0, 0.05) is 17.3 Å². The van der Waals surface area contributed by atoms with Gasteiger partial charge in [-0.1, -0.05) is 26.3 Å². The largest absolute Gasteiger partial charge is 0.458 e. The summed E-state index contributed by atoms with van der Waals surface area (Å²) in [4.78, 5) is 26.2. The van der Waals surface area contributed by atoms with Crippen molar-refractivity contribution >= 4 is 34.3 Å². The van der Waals surface area contributed by atoms with E-state index in [-0.39, 0.29) is 41.2 Å². The zero-order chi connectivity index (χ0) is 25.1. The molecule has 1 spiro atoms. The van der Waals surface area contributed by atoms with Crippen molar-refractivity contribution in [2.24, 2.45) is 51.8 Å². The second-order valence-corrected chi connectivity index (χ2v) is 14.4. The first-order valence-corrected chi connectivity index (χ1v) is 14.7. The number of cyclic esters (lactones) is 1. The van der Waals surface area contributed by atoms with E-state index in [1.807, 2.05) is 13.0 Å². The molecule has 0 aromatic rings. The number of ketones is 1. The van der Waals surface area contributed by atoms with Gasteiger partial charge in [0.05, 0.1) is 21.9 Å². The average Bonchev–Trinajstić information content (AvgIpc) is 3.45. The molecule has 6 aliphatic rings. The molecule has 11 atom stereocenters. The van der Waals surface area contributed by atoms with Gasteiger partial charge in [0.15, 0.2) is 5.78 Å². The SMILES string of the molecule is CC1=C(CO)C(=O)O[C@@H]([C@@H](C)[C@H]2CC[C@H]3[C@@H]4C[C@H]5C[C@]56[C@@H](O)C=C(I)C(=O)[C@]6(C)[C@H]4CC[C@]23C)C1. The van der Waals surface area contributed by atoms with Crippen LogP contribution in [-0.2, 0) is 14.3 Å². The molecule has 0 saturated heterocycles. The molecule has 6 heteroatoms. The van der Waals surface area contributed by atoms with E-state index in [1.54, 1.807) is 0 Å². The lowest BCUT2D eigenvalue weighted by Crippen LogP contribution is -2.60. The van der Waals surface area contributed by atoms with Crippen LogP contribution in [0.4, 0.5) is 0 Å². The van der Waals surface area contributed by atoms with Gasteiger partial charge >= 0.3 is 5.97 Å². The number of aliphatic hydroxyl groups is 2. The van der Waals surface area contributed by atoms with Crippen molar-refractivity contribution in [3.05, 3.63) is 20.8 Å². The Kier molecular flexibility index (Phi) is 5.54. The van der Waals surface area contributed by atoms with Crippen LogP contribution in [0.3, 0.4) is 0 Å². The summed E-state index contributed by atoms with van der Waals surface area (Å²) in [6, 6.07) is 0. The molecule has 0 unspecified atom stereocenters. The van der Waals surface area contributed by atoms with Gasteiger partial charge in [-0.25, -0.2) is 4.79 Å². The van der Waals surface area contributed by atoms with E-state index in [0.717, 1.165) is 41.3 Å². The number of halogens is 1. The minimum Gasteiger partial charge on any atom is -0.458 e. The molecule has 1 aliphatic heterocycles. The van der Waals surface area contributed by atoms with Crippen LogP contribution in [0.1, 0.15) is 72.6 Å². The molecule has 4 fully saturated rings. The third kappa shape index (κ3) is 2.99. The molecule has 6 rings (SSSR count). The fraction of sp³-hybridized carbons (Fsp3) is 0.793. The summed E-state index contributed by atoms with van der Waals surface area (Å²) in [5.74, 6) is 2.60. The van der Waals surface area contributed by atoms with Crippen molar-refractivity contribution in [1.29, 1.82) is 0 Å². The van der Waals surface area contributed by atoms with Gasteiger partial charge < -0.3 is 14.9 Å². The number of esters is 1. The normalized spacial score (nSPS) is 51.5. The van der Waals surface area contributed by atoms with Crippen molar-refractivity contribution < 1.29 is 24.5 Å². The van der Waals surface area contributed by atoms with E-state index in [0.29, 0.717) is 41.6 Å². The number of hydrogen-bond donors (Lipinski definition) is 2. The number of hydrogen-bond acceptors (Lipinski definition) is 5. The standard InChI is InChI=1S/C29H39IO5/c1-14-9-23(35-26(34)18(14)13-31)15(2)19-5-6-20-17-10-16-12-29(16)24(32)11-22(30)25(33)28(29,4)21(17)7-8-27(19,20)3/h11,15-17,19-21,23-24,31-32H,5-10,12-13H2,1-4H3/t15-,16-,17-,19+,20-,21-,23+,24-,27+,28-,29+/m0/s1. The van der Waals surface area contributed by atoms with E-state index in [4.69, 9.17) is 4.74 Å². The second kappa shape index (κ2) is 7.89. The Morgan fingerprint density at radius 3 is 2.63 bits per heavy atom. The van der Waals surface area contributed by atoms with Gasteiger partial charge in [0.2, 0.25) is 0 Å². The molecule has 0 aromatic heterocycles. The van der Waals surface area contributed by atoms with Crippen LogP contribution >= 0.6 is 22.6 Å². The maximum atomic E-state index is 13.7. The second-order valence-electron chi connectivity index (χ2n) is 13.2. The quantitative estimate of drug-likeness (QED) is 0.356. The summed E-state index contributed by atoms with van der Waals surface area (Å²) in [6.45, 7) is 8.65.